The minimum absolute atomic E-state index is 0.0119. The van der Waals surface area contributed by atoms with Gasteiger partial charge in [0, 0.05) is 63.5 Å². The topological polar surface area (TPSA) is 88.0 Å². The van der Waals surface area contributed by atoms with Gasteiger partial charge in [-0.25, -0.2) is 0 Å². The quantitative estimate of drug-likeness (QED) is 0.503. The Kier molecular flexibility index (Phi) is 7.75. The third-order valence-electron chi connectivity index (χ3n) is 5.36. The summed E-state index contributed by atoms with van der Waals surface area (Å²) in [5.41, 5.74) is 1.90. The van der Waals surface area contributed by atoms with Crippen LogP contribution in [0.5, 0.6) is 5.75 Å². The largest absolute Gasteiger partial charge is 0.497 e. The summed E-state index contributed by atoms with van der Waals surface area (Å²) in [6.07, 6.45) is 1.42. The van der Waals surface area contributed by atoms with E-state index in [9.17, 15) is 14.9 Å². The molecule has 0 radical (unpaired) electrons. The molecule has 1 saturated heterocycles. The number of carbonyl (C=O) groups is 1. The van der Waals surface area contributed by atoms with Gasteiger partial charge < -0.3 is 19.9 Å². The maximum absolute atomic E-state index is 12.2. The van der Waals surface area contributed by atoms with Crippen LogP contribution in [0.3, 0.4) is 0 Å². The molecule has 1 heterocycles. The summed E-state index contributed by atoms with van der Waals surface area (Å²) in [5, 5.41) is 13.5. The number of nitro groups is 1. The molecule has 1 aliphatic rings. The van der Waals surface area contributed by atoms with Gasteiger partial charge in [-0.3, -0.25) is 14.9 Å². The lowest BCUT2D eigenvalue weighted by atomic mass is 10.1. The Morgan fingerprint density at radius 3 is 2.17 bits per heavy atom. The van der Waals surface area contributed by atoms with E-state index in [1.54, 1.807) is 19.2 Å². The number of hydrogen-bond acceptors (Lipinski definition) is 6. The standard InChI is InChI=1S/C22H28N4O4/c1-30-21-8-2-18(3-9-21)10-12-24-14-16-25(17-15-24)13-11-22(27)23-19-4-6-20(7-5-19)26(28)29/h2-9H,10-17H2,1H3,(H,23,27). The lowest BCUT2D eigenvalue weighted by Gasteiger charge is -2.34. The Balaban J connectivity index is 1.33. The molecular formula is C22H28N4O4. The SMILES string of the molecule is COc1ccc(CCN2CCN(CCC(=O)Nc3ccc([N+](=O)[O-])cc3)CC2)cc1. The predicted molar refractivity (Wildman–Crippen MR) is 116 cm³/mol. The molecule has 8 nitrogen and oxygen atoms in total. The molecule has 2 aromatic carbocycles. The number of non-ortho nitro benzene ring substituents is 1. The first-order chi connectivity index (χ1) is 14.5. The average Bonchev–Trinajstić information content (AvgIpc) is 2.77. The van der Waals surface area contributed by atoms with Gasteiger partial charge in [0.05, 0.1) is 12.0 Å². The highest BCUT2D eigenvalue weighted by atomic mass is 16.6. The average molecular weight is 412 g/mol. The fourth-order valence-electron chi connectivity index (χ4n) is 3.47. The van der Waals surface area contributed by atoms with Crippen LogP contribution in [0.15, 0.2) is 48.5 Å². The van der Waals surface area contributed by atoms with Crippen molar-refractivity contribution in [1.82, 2.24) is 9.80 Å². The van der Waals surface area contributed by atoms with Crippen molar-refractivity contribution < 1.29 is 14.5 Å². The van der Waals surface area contributed by atoms with Crippen molar-refractivity contribution in [2.45, 2.75) is 12.8 Å². The number of carbonyl (C=O) groups excluding carboxylic acids is 1. The summed E-state index contributed by atoms with van der Waals surface area (Å²) in [7, 11) is 1.67. The Morgan fingerprint density at radius 2 is 1.60 bits per heavy atom. The third-order valence-corrected chi connectivity index (χ3v) is 5.36. The lowest BCUT2D eigenvalue weighted by Crippen LogP contribution is -2.47. The summed E-state index contributed by atoms with van der Waals surface area (Å²) in [4.78, 5) is 27.1. The third kappa shape index (κ3) is 6.53. The van der Waals surface area contributed by atoms with Crippen molar-refractivity contribution in [3.63, 3.8) is 0 Å². The molecule has 0 bridgehead atoms. The second kappa shape index (κ2) is 10.7. The Labute approximate surface area is 176 Å². The van der Waals surface area contributed by atoms with Gasteiger partial charge in [-0.2, -0.15) is 0 Å². The van der Waals surface area contributed by atoms with E-state index in [0.29, 0.717) is 18.7 Å². The van der Waals surface area contributed by atoms with Crippen LogP contribution in [0, 0.1) is 10.1 Å². The molecule has 2 aromatic rings. The van der Waals surface area contributed by atoms with E-state index in [1.165, 1.54) is 17.7 Å². The molecule has 160 valence electrons. The predicted octanol–water partition coefficient (Wildman–Crippen LogP) is 2.79. The van der Waals surface area contributed by atoms with Gasteiger partial charge in [-0.15, -0.1) is 0 Å². The number of rotatable bonds is 9. The molecule has 8 heteroatoms. The number of nitrogens with zero attached hydrogens (tertiary/aromatic N) is 3. The molecule has 1 N–H and O–H groups in total. The van der Waals surface area contributed by atoms with E-state index in [2.05, 4.69) is 27.2 Å². The van der Waals surface area contributed by atoms with Gasteiger partial charge in [-0.1, -0.05) is 12.1 Å². The van der Waals surface area contributed by atoms with Gasteiger partial charge in [0.15, 0.2) is 0 Å². The van der Waals surface area contributed by atoms with Crippen LogP contribution >= 0.6 is 0 Å². The van der Waals surface area contributed by atoms with Gasteiger partial charge in [-0.05, 0) is 36.2 Å². The zero-order valence-corrected chi connectivity index (χ0v) is 17.3. The van der Waals surface area contributed by atoms with Crippen LogP contribution in [-0.4, -0.2) is 67.0 Å². The molecular weight excluding hydrogens is 384 g/mol. The number of hydrogen-bond donors (Lipinski definition) is 1. The van der Waals surface area contributed by atoms with E-state index in [-0.39, 0.29) is 11.6 Å². The number of nitro benzene ring substituents is 1. The zero-order chi connectivity index (χ0) is 21.3. The number of methoxy groups -OCH3 is 1. The Bertz CT molecular complexity index is 831. The fourth-order valence-corrected chi connectivity index (χ4v) is 3.47. The summed E-state index contributed by atoms with van der Waals surface area (Å²) >= 11 is 0. The Morgan fingerprint density at radius 1 is 1.00 bits per heavy atom. The smallest absolute Gasteiger partial charge is 0.269 e. The minimum Gasteiger partial charge on any atom is -0.497 e. The van der Waals surface area contributed by atoms with Crippen molar-refractivity contribution in [3.05, 3.63) is 64.2 Å². The highest BCUT2D eigenvalue weighted by Crippen LogP contribution is 2.16. The van der Waals surface area contributed by atoms with Crippen LogP contribution in [0.25, 0.3) is 0 Å². The second-order valence-electron chi connectivity index (χ2n) is 7.38. The molecule has 0 unspecified atom stereocenters. The van der Waals surface area contributed by atoms with Crippen molar-refractivity contribution in [2.24, 2.45) is 0 Å². The van der Waals surface area contributed by atoms with E-state index in [0.717, 1.165) is 44.9 Å². The molecule has 0 aromatic heterocycles. The van der Waals surface area contributed by atoms with Crippen LogP contribution in [-0.2, 0) is 11.2 Å². The van der Waals surface area contributed by atoms with Crippen molar-refractivity contribution >= 4 is 17.3 Å². The summed E-state index contributed by atoms with van der Waals surface area (Å²) in [5.74, 6) is 0.802. The highest BCUT2D eigenvalue weighted by Gasteiger charge is 2.17. The van der Waals surface area contributed by atoms with E-state index >= 15 is 0 Å². The maximum Gasteiger partial charge on any atom is 0.269 e. The molecule has 1 aliphatic heterocycles. The van der Waals surface area contributed by atoms with E-state index in [4.69, 9.17) is 4.74 Å². The Hall–Kier alpha value is -2.97. The van der Waals surface area contributed by atoms with Gasteiger partial charge in [0.2, 0.25) is 5.91 Å². The van der Waals surface area contributed by atoms with Gasteiger partial charge in [0.1, 0.15) is 5.75 Å². The molecule has 0 atom stereocenters. The van der Waals surface area contributed by atoms with Gasteiger partial charge >= 0.3 is 0 Å². The number of piperazine rings is 1. The van der Waals surface area contributed by atoms with Crippen LogP contribution in [0.4, 0.5) is 11.4 Å². The summed E-state index contributed by atoms with van der Waals surface area (Å²) < 4.78 is 5.19. The number of amides is 1. The van der Waals surface area contributed by atoms with Crippen molar-refractivity contribution in [3.8, 4) is 5.75 Å². The summed E-state index contributed by atoms with van der Waals surface area (Å²) in [6.45, 7) is 5.65. The number of anilines is 1. The van der Waals surface area contributed by atoms with Crippen molar-refractivity contribution in [1.29, 1.82) is 0 Å². The molecule has 0 saturated carbocycles. The first-order valence-corrected chi connectivity index (χ1v) is 10.2. The number of ether oxygens (including phenoxy) is 1. The van der Waals surface area contributed by atoms with Crippen molar-refractivity contribution in [2.75, 3.05) is 51.7 Å². The first-order valence-electron chi connectivity index (χ1n) is 10.2. The lowest BCUT2D eigenvalue weighted by molar-refractivity contribution is -0.384. The highest BCUT2D eigenvalue weighted by molar-refractivity contribution is 5.90. The number of nitrogens with one attached hydrogen (secondary N) is 1. The molecule has 1 fully saturated rings. The minimum atomic E-state index is -0.456. The van der Waals surface area contributed by atoms with Gasteiger partial charge in [0.25, 0.3) is 5.69 Å². The molecule has 30 heavy (non-hydrogen) atoms. The zero-order valence-electron chi connectivity index (χ0n) is 17.3. The maximum atomic E-state index is 12.2. The van der Waals surface area contributed by atoms with E-state index < -0.39 is 4.92 Å². The number of benzene rings is 2. The molecule has 0 spiro atoms. The molecule has 1 amide bonds. The monoisotopic (exact) mass is 412 g/mol. The fraction of sp³-hybridized carbons (Fsp3) is 0.409. The van der Waals surface area contributed by atoms with Crippen LogP contribution in [0.1, 0.15) is 12.0 Å². The molecule has 0 aliphatic carbocycles. The van der Waals surface area contributed by atoms with Crippen LogP contribution < -0.4 is 10.1 Å². The first kappa shape index (κ1) is 21.7. The van der Waals surface area contributed by atoms with Crippen LogP contribution in [0.2, 0.25) is 0 Å². The second-order valence-corrected chi connectivity index (χ2v) is 7.38. The van der Waals surface area contributed by atoms with E-state index in [1.807, 2.05) is 12.1 Å². The molecule has 3 rings (SSSR count). The summed E-state index contributed by atoms with van der Waals surface area (Å²) in [6, 6.07) is 14.1. The normalized spacial score (nSPS) is 15.0.